The minimum atomic E-state index is -0.619. The third-order valence-corrected chi connectivity index (χ3v) is 2.65. The normalized spacial score (nSPS) is 27.5. The Hall–Kier alpha value is -1.06. The van der Waals surface area contributed by atoms with Gasteiger partial charge in [0.15, 0.2) is 0 Å². The van der Waals surface area contributed by atoms with E-state index in [9.17, 15) is 9.59 Å². The lowest BCUT2D eigenvalue weighted by atomic mass is 9.80. The van der Waals surface area contributed by atoms with E-state index in [2.05, 4.69) is 19.2 Å². The predicted octanol–water partition coefficient (Wildman–Crippen LogP) is 0.270. The molecule has 2 amide bonds. The molecule has 0 aromatic heterocycles. The van der Waals surface area contributed by atoms with Gasteiger partial charge in [0, 0.05) is 6.54 Å². The second-order valence-corrected chi connectivity index (χ2v) is 4.35. The molecule has 1 heterocycles. The number of hydrogen-bond acceptors (Lipinski definition) is 2. The topological polar surface area (TPSA) is 72.2 Å². The third kappa shape index (κ3) is 2.47. The molecule has 1 saturated heterocycles. The molecule has 1 fully saturated rings. The van der Waals surface area contributed by atoms with Crippen molar-refractivity contribution in [3.8, 4) is 0 Å². The lowest BCUT2D eigenvalue weighted by molar-refractivity contribution is -0.138. The number of amides is 2. The molecular weight excluding hydrogens is 180 g/mol. The van der Waals surface area contributed by atoms with Crippen LogP contribution in [0.5, 0.6) is 0 Å². The van der Waals surface area contributed by atoms with E-state index >= 15 is 0 Å². The molecule has 1 aliphatic rings. The molecule has 2 atom stereocenters. The third-order valence-electron chi connectivity index (χ3n) is 2.65. The summed E-state index contributed by atoms with van der Waals surface area (Å²) in [6, 6.07) is 0. The summed E-state index contributed by atoms with van der Waals surface area (Å²) in [6.45, 7) is 4.84. The molecule has 1 aliphatic heterocycles. The van der Waals surface area contributed by atoms with Gasteiger partial charge in [-0.2, -0.15) is 0 Å². The fraction of sp³-hybridized carbons (Fsp3) is 0.800. The molecule has 4 heteroatoms. The number of piperidine rings is 1. The van der Waals surface area contributed by atoms with Gasteiger partial charge in [0.25, 0.3) is 0 Å². The maximum Gasteiger partial charge on any atom is 0.232 e. The van der Waals surface area contributed by atoms with Gasteiger partial charge in [-0.15, -0.1) is 0 Å². The van der Waals surface area contributed by atoms with E-state index in [1.54, 1.807) is 0 Å². The molecule has 0 aromatic rings. The van der Waals surface area contributed by atoms with Crippen molar-refractivity contribution < 1.29 is 9.59 Å². The highest BCUT2D eigenvalue weighted by Crippen LogP contribution is 2.26. The van der Waals surface area contributed by atoms with Crippen LogP contribution in [-0.4, -0.2) is 18.4 Å². The summed E-state index contributed by atoms with van der Waals surface area (Å²) in [5, 5.41) is 2.68. The summed E-state index contributed by atoms with van der Waals surface area (Å²) in [5.41, 5.74) is 5.22. The average Bonchev–Trinajstić information content (AvgIpc) is 2.01. The zero-order chi connectivity index (χ0) is 10.7. The van der Waals surface area contributed by atoms with Crippen molar-refractivity contribution in [1.29, 1.82) is 0 Å². The van der Waals surface area contributed by atoms with Crippen LogP contribution in [0.1, 0.15) is 26.7 Å². The molecule has 80 valence electrons. The Morgan fingerprint density at radius 3 is 2.79 bits per heavy atom. The highest BCUT2D eigenvalue weighted by Gasteiger charge is 2.36. The number of nitrogens with one attached hydrogen (secondary N) is 1. The molecule has 0 aromatic carbocycles. The number of primary amides is 1. The minimum Gasteiger partial charge on any atom is -0.369 e. The zero-order valence-corrected chi connectivity index (χ0v) is 8.75. The second kappa shape index (κ2) is 4.44. The van der Waals surface area contributed by atoms with Gasteiger partial charge in [-0.25, -0.2) is 0 Å². The van der Waals surface area contributed by atoms with Gasteiger partial charge in [-0.3, -0.25) is 9.59 Å². The Kier molecular flexibility index (Phi) is 3.49. The molecule has 0 bridgehead atoms. The number of carbonyl (C=O) groups is 2. The smallest absolute Gasteiger partial charge is 0.232 e. The van der Waals surface area contributed by atoms with Crippen molar-refractivity contribution in [2.45, 2.75) is 26.7 Å². The molecular formula is C10H18N2O2. The van der Waals surface area contributed by atoms with Crippen molar-refractivity contribution in [1.82, 2.24) is 5.32 Å². The van der Waals surface area contributed by atoms with Gasteiger partial charge in [0.2, 0.25) is 11.8 Å². The van der Waals surface area contributed by atoms with E-state index < -0.39 is 11.8 Å². The van der Waals surface area contributed by atoms with E-state index in [1.165, 1.54) is 0 Å². The maximum atomic E-state index is 11.4. The van der Waals surface area contributed by atoms with Crippen LogP contribution in [0.4, 0.5) is 0 Å². The van der Waals surface area contributed by atoms with Crippen LogP contribution in [0, 0.1) is 17.8 Å². The number of rotatable bonds is 3. The van der Waals surface area contributed by atoms with Gasteiger partial charge < -0.3 is 11.1 Å². The van der Waals surface area contributed by atoms with Gasteiger partial charge in [-0.05, 0) is 24.7 Å². The van der Waals surface area contributed by atoms with Crippen LogP contribution in [-0.2, 0) is 9.59 Å². The van der Waals surface area contributed by atoms with E-state index in [4.69, 9.17) is 5.73 Å². The summed E-state index contributed by atoms with van der Waals surface area (Å²) < 4.78 is 0. The number of carbonyl (C=O) groups excluding carboxylic acids is 2. The lowest BCUT2D eigenvalue weighted by Crippen LogP contribution is -2.48. The molecule has 0 radical (unpaired) electrons. The largest absolute Gasteiger partial charge is 0.369 e. The molecule has 0 aliphatic carbocycles. The first-order valence-corrected chi connectivity index (χ1v) is 5.09. The monoisotopic (exact) mass is 198 g/mol. The van der Waals surface area contributed by atoms with Crippen molar-refractivity contribution in [2.75, 3.05) is 6.54 Å². The highest BCUT2D eigenvalue weighted by atomic mass is 16.2. The predicted molar refractivity (Wildman–Crippen MR) is 53.3 cm³/mol. The Bertz CT molecular complexity index is 238. The van der Waals surface area contributed by atoms with Gasteiger partial charge >= 0.3 is 0 Å². The summed E-state index contributed by atoms with van der Waals surface area (Å²) in [7, 11) is 0. The van der Waals surface area contributed by atoms with Crippen LogP contribution >= 0.6 is 0 Å². The fourth-order valence-electron chi connectivity index (χ4n) is 2.09. The second-order valence-electron chi connectivity index (χ2n) is 4.35. The molecule has 4 nitrogen and oxygen atoms in total. The quantitative estimate of drug-likeness (QED) is 0.639. The highest BCUT2D eigenvalue weighted by molar-refractivity contribution is 6.00. The van der Waals surface area contributed by atoms with Crippen LogP contribution in [0.25, 0.3) is 0 Å². The van der Waals surface area contributed by atoms with Crippen molar-refractivity contribution >= 4 is 11.8 Å². The van der Waals surface area contributed by atoms with Crippen molar-refractivity contribution in [2.24, 2.45) is 23.5 Å². The Balaban J connectivity index is 2.69. The molecule has 1 rings (SSSR count). The summed E-state index contributed by atoms with van der Waals surface area (Å²) in [5.74, 6) is -0.692. The maximum absolute atomic E-state index is 11.4. The Morgan fingerprint density at radius 2 is 2.29 bits per heavy atom. The Morgan fingerprint density at radius 1 is 1.64 bits per heavy atom. The first-order valence-electron chi connectivity index (χ1n) is 5.09. The lowest BCUT2D eigenvalue weighted by Gasteiger charge is -2.29. The van der Waals surface area contributed by atoms with Crippen molar-refractivity contribution in [3.63, 3.8) is 0 Å². The Labute approximate surface area is 84.2 Å². The SMILES string of the molecule is CC(C)CC1CCNC(=O)C1C(N)=O. The van der Waals surface area contributed by atoms with Gasteiger partial charge in [0.05, 0.1) is 0 Å². The van der Waals surface area contributed by atoms with Crippen LogP contribution < -0.4 is 11.1 Å². The molecule has 3 N–H and O–H groups in total. The molecule has 14 heavy (non-hydrogen) atoms. The van der Waals surface area contributed by atoms with E-state index in [1.807, 2.05) is 0 Å². The molecule has 2 unspecified atom stereocenters. The molecule has 0 spiro atoms. The van der Waals surface area contributed by atoms with Crippen LogP contribution in [0.15, 0.2) is 0 Å². The first-order chi connectivity index (χ1) is 6.52. The van der Waals surface area contributed by atoms with Crippen LogP contribution in [0.3, 0.4) is 0 Å². The van der Waals surface area contributed by atoms with Crippen molar-refractivity contribution in [3.05, 3.63) is 0 Å². The van der Waals surface area contributed by atoms with E-state index in [0.29, 0.717) is 12.5 Å². The summed E-state index contributed by atoms with van der Waals surface area (Å²) in [6.07, 6.45) is 1.75. The zero-order valence-electron chi connectivity index (χ0n) is 8.75. The van der Waals surface area contributed by atoms with Crippen LogP contribution in [0.2, 0.25) is 0 Å². The minimum absolute atomic E-state index is 0.126. The van der Waals surface area contributed by atoms with E-state index in [0.717, 1.165) is 12.8 Å². The van der Waals surface area contributed by atoms with Gasteiger partial charge in [0.1, 0.15) is 5.92 Å². The van der Waals surface area contributed by atoms with Gasteiger partial charge in [-0.1, -0.05) is 13.8 Å². The summed E-state index contributed by atoms with van der Waals surface area (Å²) in [4.78, 5) is 22.5. The van der Waals surface area contributed by atoms with E-state index in [-0.39, 0.29) is 11.8 Å². The first kappa shape index (κ1) is 11.0. The number of hydrogen-bond donors (Lipinski definition) is 2. The fourth-order valence-corrected chi connectivity index (χ4v) is 2.09. The summed E-state index contributed by atoms with van der Waals surface area (Å²) >= 11 is 0. The molecule has 0 saturated carbocycles. The standard InChI is InChI=1S/C10H18N2O2/c1-6(2)5-7-3-4-12-10(14)8(7)9(11)13/h6-8H,3-5H2,1-2H3,(H2,11,13)(H,12,14). The average molecular weight is 198 g/mol. The number of nitrogens with two attached hydrogens (primary N) is 1.